The van der Waals surface area contributed by atoms with E-state index in [1.807, 2.05) is 47.6 Å². The van der Waals surface area contributed by atoms with Crippen molar-refractivity contribution < 1.29 is 31.9 Å². The quantitative estimate of drug-likeness (QED) is 0.117. The molecule has 0 spiro atoms. The van der Waals surface area contributed by atoms with Gasteiger partial charge < -0.3 is 13.9 Å². The molecule has 5 nitrogen and oxygen atoms in total. The van der Waals surface area contributed by atoms with E-state index < -0.39 is 47.2 Å². The topological polar surface area (TPSA) is 65.7 Å². The molecule has 47 heavy (non-hydrogen) atoms. The number of halogens is 3. The highest BCUT2D eigenvalue weighted by atomic mass is 19.4. The summed E-state index contributed by atoms with van der Waals surface area (Å²) in [7, 11) is 0. The second-order valence-electron chi connectivity index (χ2n) is 15.4. The van der Waals surface area contributed by atoms with Gasteiger partial charge in [-0.2, -0.15) is 13.2 Å². The van der Waals surface area contributed by atoms with Gasteiger partial charge in [0.2, 0.25) is 0 Å². The summed E-state index contributed by atoms with van der Waals surface area (Å²) < 4.78 is 60.7. The molecule has 1 saturated carbocycles. The molecule has 0 amide bonds. The molecule has 4 rings (SSSR count). The van der Waals surface area contributed by atoms with Crippen LogP contribution in [-0.4, -0.2) is 24.4 Å². The van der Waals surface area contributed by atoms with Crippen molar-refractivity contribution in [1.29, 1.82) is 0 Å². The summed E-state index contributed by atoms with van der Waals surface area (Å²) in [5.41, 5.74) is 2.59. The fourth-order valence-corrected chi connectivity index (χ4v) is 6.66. The van der Waals surface area contributed by atoms with Gasteiger partial charge in [0.1, 0.15) is 29.5 Å². The first-order valence-corrected chi connectivity index (χ1v) is 17.0. The number of hydrogen-bond donors (Lipinski definition) is 0. The number of carbonyl (C=O) groups excluding carboxylic acids is 1. The molecule has 4 unspecified atom stereocenters. The number of aryl methyl sites for hydroxylation is 2. The van der Waals surface area contributed by atoms with Gasteiger partial charge in [-0.1, -0.05) is 86.4 Å². The molecule has 1 fully saturated rings. The second kappa shape index (κ2) is 14.4. The first-order chi connectivity index (χ1) is 21.9. The van der Waals surface area contributed by atoms with Crippen LogP contribution in [0.15, 0.2) is 51.7 Å². The zero-order chi connectivity index (χ0) is 34.7. The number of hydrogen-bond acceptors (Lipinski definition) is 5. The Morgan fingerprint density at radius 1 is 0.915 bits per heavy atom. The van der Waals surface area contributed by atoms with E-state index in [4.69, 9.17) is 13.9 Å². The third-order valence-electron chi connectivity index (χ3n) is 9.23. The number of rotatable bonds is 11. The Morgan fingerprint density at radius 2 is 1.62 bits per heavy atom. The minimum atomic E-state index is -4.64. The molecule has 258 valence electrons. The molecule has 2 aromatic carbocycles. The highest BCUT2D eigenvalue weighted by molar-refractivity contribution is 5.83. The van der Waals surface area contributed by atoms with Crippen LogP contribution in [0.4, 0.5) is 13.2 Å². The summed E-state index contributed by atoms with van der Waals surface area (Å²) in [6.07, 6.45) is -1.46. The first-order valence-electron chi connectivity index (χ1n) is 17.0. The van der Waals surface area contributed by atoms with E-state index in [1.165, 1.54) is 18.1 Å². The van der Waals surface area contributed by atoms with Gasteiger partial charge in [0, 0.05) is 11.5 Å². The number of carbonyl (C=O) groups is 1. The fourth-order valence-electron chi connectivity index (χ4n) is 6.66. The van der Waals surface area contributed by atoms with Crippen LogP contribution in [0.2, 0.25) is 0 Å². The number of unbranched alkanes of at least 4 members (excludes halogenated alkanes) is 2. The molecule has 0 radical (unpaired) electrons. The fraction of sp³-hybridized carbons (Fsp3) is 0.590. The number of fused-ring (bicyclic) bond motifs is 1. The molecule has 1 aliphatic carbocycles. The lowest BCUT2D eigenvalue weighted by atomic mass is 9.72. The molecule has 0 aliphatic heterocycles. The van der Waals surface area contributed by atoms with Gasteiger partial charge in [-0.3, -0.25) is 4.79 Å². The number of ether oxygens (including phenoxy) is 2. The van der Waals surface area contributed by atoms with Crippen LogP contribution in [0.25, 0.3) is 22.1 Å². The molecule has 0 saturated heterocycles. The summed E-state index contributed by atoms with van der Waals surface area (Å²) in [4.78, 5) is 26.5. The molecule has 4 atom stereocenters. The Morgan fingerprint density at radius 3 is 2.23 bits per heavy atom. The Kier molecular flexibility index (Phi) is 11.2. The highest BCUT2D eigenvalue weighted by Crippen LogP contribution is 2.45. The van der Waals surface area contributed by atoms with Crippen molar-refractivity contribution in [3.05, 3.63) is 64.0 Å². The molecule has 0 N–H and O–H groups in total. The maximum Gasteiger partial charge on any atom is 0.398 e. The first kappa shape index (κ1) is 36.5. The van der Waals surface area contributed by atoms with E-state index >= 15 is 0 Å². The third-order valence-corrected chi connectivity index (χ3v) is 9.23. The van der Waals surface area contributed by atoms with E-state index in [0.717, 1.165) is 36.8 Å². The van der Waals surface area contributed by atoms with E-state index in [1.54, 1.807) is 18.2 Å². The molecular weight excluding hydrogens is 605 g/mol. The van der Waals surface area contributed by atoms with Gasteiger partial charge in [0.05, 0.1) is 11.5 Å². The largest absolute Gasteiger partial charge is 0.489 e. The lowest BCUT2D eigenvalue weighted by Crippen LogP contribution is -2.43. The Hall–Kier alpha value is -3.29. The predicted octanol–water partition coefficient (Wildman–Crippen LogP) is 10.5. The molecule has 8 heteroatoms. The Bertz CT molecular complexity index is 1590. The van der Waals surface area contributed by atoms with Gasteiger partial charge in [0.25, 0.3) is 0 Å². The minimum absolute atomic E-state index is 0.0378. The zero-order valence-electron chi connectivity index (χ0n) is 29.2. The van der Waals surface area contributed by atoms with Crippen molar-refractivity contribution >= 4 is 16.9 Å². The molecule has 3 aromatic rings. The van der Waals surface area contributed by atoms with Gasteiger partial charge in [-0.25, -0.2) is 4.79 Å². The minimum Gasteiger partial charge on any atom is -0.489 e. The Labute approximate surface area is 277 Å². The smallest absolute Gasteiger partial charge is 0.398 e. The Balaban J connectivity index is 1.55. The summed E-state index contributed by atoms with van der Waals surface area (Å²) in [6.45, 7) is 15.9. The lowest BCUT2D eigenvalue weighted by molar-refractivity contribution is -0.218. The van der Waals surface area contributed by atoms with Crippen LogP contribution in [0.5, 0.6) is 5.75 Å². The van der Waals surface area contributed by atoms with Crippen molar-refractivity contribution in [1.82, 2.24) is 0 Å². The van der Waals surface area contributed by atoms with Crippen LogP contribution in [0.1, 0.15) is 105 Å². The van der Waals surface area contributed by atoms with Crippen LogP contribution in [-0.2, 0) is 22.4 Å². The van der Waals surface area contributed by atoms with Gasteiger partial charge >= 0.3 is 17.8 Å². The average Bonchev–Trinajstić information content (AvgIpc) is 3.37. The summed E-state index contributed by atoms with van der Waals surface area (Å²) in [6, 6.07) is 12.7. The summed E-state index contributed by atoms with van der Waals surface area (Å²) >= 11 is 0. The predicted molar refractivity (Wildman–Crippen MR) is 181 cm³/mol. The molecule has 0 bridgehead atoms. The lowest BCUT2D eigenvalue weighted by Gasteiger charge is -2.35. The van der Waals surface area contributed by atoms with Crippen molar-refractivity contribution in [2.24, 2.45) is 22.7 Å². The molecule has 1 aromatic heterocycles. The second-order valence-corrected chi connectivity index (χ2v) is 15.4. The number of benzene rings is 2. The van der Waals surface area contributed by atoms with Crippen LogP contribution in [0.3, 0.4) is 0 Å². The summed E-state index contributed by atoms with van der Waals surface area (Å²) in [5, 5.41) is 0.638. The maximum atomic E-state index is 14.5. The van der Waals surface area contributed by atoms with Gasteiger partial charge in [-0.15, -0.1) is 0 Å². The van der Waals surface area contributed by atoms with E-state index in [9.17, 15) is 22.8 Å². The zero-order valence-corrected chi connectivity index (χ0v) is 29.2. The van der Waals surface area contributed by atoms with Crippen LogP contribution in [0, 0.1) is 22.7 Å². The average molecular weight is 657 g/mol. The van der Waals surface area contributed by atoms with E-state index in [-0.39, 0.29) is 29.6 Å². The van der Waals surface area contributed by atoms with Crippen molar-refractivity contribution in [3.63, 3.8) is 0 Å². The van der Waals surface area contributed by atoms with Crippen LogP contribution < -0.4 is 10.4 Å². The summed E-state index contributed by atoms with van der Waals surface area (Å²) in [5.74, 6) is -2.98. The van der Waals surface area contributed by atoms with Gasteiger partial charge in [-0.05, 0) is 84.2 Å². The van der Waals surface area contributed by atoms with Crippen molar-refractivity contribution in [2.45, 2.75) is 125 Å². The number of esters is 1. The standard InChI is InChI=1S/C39H51F3O5/c1-9-11-12-13-24-14-17-28(25(10-2)20-24)29-21-26-15-16-27(22-33(26)47-35(29)43)45-31-18-19-32(34(31)39(40,41)42)46-36(44)30(38(6,7)8)23-37(3,4)5/h14-17,20-22,30-32,34H,9-13,18-19,23H2,1-8H3. The van der Waals surface area contributed by atoms with Gasteiger partial charge in [0.15, 0.2) is 0 Å². The SMILES string of the molecule is CCCCCc1ccc(-c2cc3ccc(OC4CCC(OC(=O)C(CC(C)(C)C)C(C)(C)C)C4C(F)(F)F)cc3oc2=O)c(CC)c1. The molecule has 1 heterocycles. The van der Waals surface area contributed by atoms with Crippen LogP contribution >= 0.6 is 0 Å². The number of alkyl halides is 3. The van der Waals surface area contributed by atoms with Crippen molar-refractivity contribution in [3.8, 4) is 16.9 Å². The molecule has 1 aliphatic rings. The van der Waals surface area contributed by atoms with Crippen molar-refractivity contribution in [2.75, 3.05) is 0 Å². The van der Waals surface area contributed by atoms with E-state index in [0.29, 0.717) is 17.4 Å². The van der Waals surface area contributed by atoms with E-state index in [2.05, 4.69) is 26.0 Å². The monoisotopic (exact) mass is 656 g/mol. The highest BCUT2D eigenvalue weighted by Gasteiger charge is 2.56. The third kappa shape index (κ3) is 9.20. The maximum absolute atomic E-state index is 14.5. The normalized spacial score (nSPS) is 19.6. The molecular formula is C39H51F3O5.